The maximum absolute atomic E-state index is 5.16. The maximum atomic E-state index is 5.16. The lowest BCUT2D eigenvalue weighted by Gasteiger charge is -2.27. The molecule has 0 bridgehead atoms. The van der Waals surface area contributed by atoms with Gasteiger partial charge in [0, 0.05) is 26.3 Å². The molecule has 1 aromatic carbocycles. The maximum Gasteiger partial charge on any atom is 0.0467 e. The van der Waals surface area contributed by atoms with Gasteiger partial charge in [-0.1, -0.05) is 44.2 Å². The van der Waals surface area contributed by atoms with Crippen LogP contribution in [0.5, 0.6) is 0 Å². The Labute approximate surface area is 118 Å². The van der Waals surface area contributed by atoms with E-state index in [0.717, 1.165) is 26.0 Å². The number of benzene rings is 1. The molecule has 0 amide bonds. The van der Waals surface area contributed by atoms with Crippen molar-refractivity contribution >= 4 is 0 Å². The normalized spacial score (nSPS) is 13.5. The molecular weight excluding hydrogens is 234 g/mol. The summed E-state index contributed by atoms with van der Waals surface area (Å²) in [7, 11) is 1.77. The van der Waals surface area contributed by atoms with Crippen LogP contribution in [-0.4, -0.2) is 26.3 Å². The Hall–Kier alpha value is -0.860. The van der Waals surface area contributed by atoms with Crippen molar-refractivity contribution in [2.75, 3.05) is 20.3 Å². The van der Waals surface area contributed by atoms with Crippen molar-refractivity contribution in [1.29, 1.82) is 0 Å². The van der Waals surface area contributed by atoms with Gasteiger partial charge in [0.25, 0.3) is 0 Å². The Morgan fingerprint density at radius 2 is 1.89 bits per heavy atom. The minimum Gasteiger partial charge on any atom is -0.385 e. The SMILES string of the molecule is COCCC(C)(C)CNC(C)CCc1ccccc1. The van der Waals surface area contributed by atoms with E-state index in [1.165, 1.54) is 12.0 Å². The van der Waals surface area contributed by atoms with Crippen molar-refractivity contribution in [3.05, 3.63) is 35.9 Å². The molecule has 1 unspecified atom stereocenters. The van der Waals surface area contributed by atoms with Crippen LogP contribution in [0.15, 0.2) is 30.3 Å². The lowest BCUT2D eigenvalue weighted by Crippen LogP contribution is -2.36. The molecule has 0 spiro atoms. The molecule has 1 aromatic rings. The standard InChI is InChI=1S/C17H29NO/c1-15(10-11-16-8-6-5-7-9-16)18-14-17(2,3)12-13-19-4/h5-9,15,18H,10-14H2,1-4H3. The second kappa shape index (κ2) is 8.34. The van der Waals surface area contributed by atoms with Crippen LogP contribution in [0.4, 0.5) is 0 Å². The molecule has 108 valence electrons. The van der Waals surface area contributed by atoms with Gasteiger partial charge in [-0.05, 0) is 37.2 Å². The minimum absolute atomic E-state index is 0.303. The molecule has 1 N–H and O–H groups in total. The summed E-state index contributed by atoms with van der Waals surface area (Å²) in [6, 6.07) is 11.3. The Kier molecular flexibility index (Phi) is 7.11. The molecule has 1 atom stereocenters. The van der Waals surface area contributed by atoms with Crippen LogP contribution in [0, 0.1) is 5.41 Å². The highest BCUT2D eigenvalue weighted by atomic mass is 16.5. The first-order valence-corrected chi connectivity index (χ1v) is 7.30. The number of aryl methyl sites for hydroxylation is 1. The summed E-state index contributed by atoms with van der Waals surface area (Å²) in [4.78, 5) is 0. The van der Waals surface area contributed by atoms with Gasteiger partial charge in [0.15, 0.2) is 0 Å². The fourth-order valence-corrected chi connectivity index (χ4v) is 2.05. The van der Waals surface area contributed by atoms with Crippen molar-refractivity contribution in [2.24, 2.45) is 5.41 Å². The van der Waals surface area contributed by atoms with Crippen LogP contribution in [0.3, 0.4) is 0 Å². The molecule has 0 saturated carbocycles. The Morgan fingerprint density at radius 3 is 2.53 bits per heavy atom. The molecule has 0 aliphatic rings. The summed E-state index contributed by atoms with van der Waals surface area (Å²) >= 11 is 0. The lowest BCUT2D eigenvalue weighted by atomic mass is 9.89. The zero-order chi connectivity index (χ0) is 14.1. The summed E-state index contributed by atoms with van der Waals surface area (Å²) in [5, 5.41) is 3.65. The van der Waals surface area contributed by atoms with Gasteiger partial charge in [-0.3, -0.25) is 0 Å². The molecule has 0 aliphatic heterocycles. The molecule has 19 heavy (non-hydrogen) atoms. The molecule has 0 aromatic heterocycles. The van der Waals surface area contributed by atoms with Gasteiger partial charge in [0.2, 0.25) is 0 Å². The monoisotopic (exact) mass is 263 g/mol. The zero-order valence-electron chi connectivity index (χ0n) is 12.9. The number of rotatable bonds is 9. The van der Waals surface area contributed by atoms with Gasteiger partial charge in [0.05, 0.1) is 0 Å². The van der Waals surface area contributed by atoms with Crippen LogP contribution in [0.1, 0.15) is 39.2 Å². The number of nitrogens with one attached hydrogen (secondary N) is 1. The highest BCUT2D eigenvalue weighted by molar-refractivity contribution is 5.14. The van der Waals surface area contributed by atoms with Crippen molar-refractivity contribution < 1.29 is 4.74 Å². The van der Waals surface area contributed by atoms with Crippen LogP contribution in [0.2, 0.25) is 0 Å². The van der Waals surface area contributed by atoms with Gasteiger partial charge < -0.3 is 10.1 Å². The van der Waals surface area contributed by atoms with E-state index in [4.69, 9.17) is 4.74 Å². The van der Waals surface area contributed by atoms with Crippen molar-refractivity contribution in [3.8, 4) is 0 Å². The van der Waals surface area contributed by atoms with E-state index in [1.54, 1.807) is 7.11 Å². The molecule has 2 nitrogen and oxygen atoms in total. The predicted octanol–water partition coefficient (Wildman–Crippen LogP) is 3.66. The second-order valence-corrected chi connectivity index (χ2v) is 6.21. The van der Waals surface area contributed by atoms with E-state index in [1.807, 2.05) is 0 Å². The first kappa shape index (κ1) is 16.2. The van der Waals surface area contributed by atoms with Gasteiger partial charge in [-0.15, -0.1) is 0 Å². The number of hydrogen-bond acceptors (Lipinski definition) is 2. The molecule has 0 radical (unpaired) electrons. The van der Waals surface area contributed by atoms with Crippen LogP contribution >= 0.6 is 0 Å². The summed E-state index contributed by atoms with van der Waals surface area (Å²) in [6.45, 7) is 8.75. The lowest BCUT2D eigenvalue weighted by molar-refractivity contribution is 0.149. The molecule has 0 fully saturated rings. The minimum atomic E-state index is 0.303. The van der Waals surface area contributed by atoms with Crippen LogP contribution < -0.4 is 5.32 Å². The third-order valence-electron chi connectivity index (χ3n) is 3.62. The smallest absolute Gasteiger partial charge is 0.0467 e. The van der Waals surface area contributed by atoms with E-state index >= 15 is 0 Å². The van der Waals surface area contributed by atoms with Crippen LogP contribution in [-0.2, 0) is 11.2 Å². The van der Waals surface area contributed by atoms with Gasteiger partial charge >= 0.3 is 0 Å². The van der Waals surface area contributed by atoms with Crippen molar-refractivity contribution in [2.45, 2.75) is 46.1 Å². The predicted molar refractivity (Wildman–Crippen MR) is 82.5 cm³/mol. The first-order chi connectivity index (χ1) is 9.03. The Balaban J connectivity index is 2.22. The second-order valence-electron chi connectivity index (χ2n) is 6.21. The Bertz CT molecular complexity index is 334. The fraction of sp³-hybridized carbons (Fsp3) is 0.647. The average Bonchev–Trinajstić information content (AvgIpc) is 2.42. The molecule has 0 heterocycles. The van der Waals surface area contributed by atoms with Gasteiger partial charge in [0.1, 0.15) is 0 Å². The number of methoxy groups -OCH3 is 1. The van der Waals surface area contributed by atoms with Crippen molar-refractivity contribution in [3.63, 3.8) is 0 Å². The third kappa shape index (κ3) is 7.34. The Morgan fingerprint density at radius 1 is 1.21 bits per heavy atom. The quantitative estimate of drug-likeness (QED) is 0.734. The average molecular weight is 263 g/mol. The third-order valence-corrected chi connectivity index (χ3v) is 3.62. The topological polar surface area (TPSA) is 21.3 Å². The summed E-state index contributed by atoms with van der Waals surface area (Å²) < 4.78 is 5.16. The van der Waals surface area contributed by atoms with E-state index in [9.17, 15) is 0 Å². The summed E-state index contributed by atoms with van der Waals surface area (Å²) in [5.74, 6) is 0. The summed E-state index contributed by atoms with van der Waals surface area (Å²) in [5.41, 5.74) is 1.73. The first-order valence-electron chi connectivity index (χ1n) is 7.30. The van der Waals surface area contributed by atoms with Crippen molar-refractivity contribution in [1.82, 2.24) is 5.32 Å². The molecule has 0 saturated heterocycles. The number of ether oxygens (including phenoxy) is 1. The highest BCUT2D eigenvalue weighted by Crippen LogP contribution is 2.19. The zero-order valence-corrected chi connectivity index (χ0v) is 12.9. The molecule has 2 heteroatoms. The molecule has 0 aliphatic carbocycles. The molecular formula is C17H29NO. The summed E-state index contributed by atoms with van der Waals surface area (Å²) in [6.07, 6.45) is 3.43. The van der Waals surface area contributed by atoms with Gasteiger partial charge in [-0.25, -0.2) is 0 Å². The van der Waals surface area contributed by atoms with E-state index in [0.29, 0.717) is 11.5 Å². The largest absolute Gasteiger partial charge is 0.385 e. The highest BCUT2D eigenvalue weighted by Gasteiger charge is 2.18. The van der Waals surface area contributed by atoms with E-state index in [-0.39, 0.29) is 0 Å². The van der Waals surface area contributed by atoms with Gasteiger partial charge in [-0.2, -0.15) is 0 Å². The fourth-order valence-electron chi connectivity index (χ4n) is 2.05. The van der Waals surface area contributed by atoms with E-state index < -0.39 is 0 Å². The number of hydrogen-bond donors (Lipinski definition) is 1. The van der Waals surface area contributed by atoms with E-state index in [2.05, 4.69) is 56.4 Å². The van der Waals surface area contributed by atoms with Crippen LogP contribution in [0.25, 0.3) is 0 Å². The molecule has 1 rings (SSSR count).